The molecule has 0 bridgehead atoms. The van der Waals surface area contributed by atoms with Crippen molar-refractivity contribution in [2.75, 3.05) is 13.2 Å². The largest absolute Gasteiger partial charge is 0.380 e. The fraction of sp³-hybridized carbons (Fsp3) is 0.250. The number of carbonyl (C=O) groups is 1. The van der Waals surface area contributed by atoms with Gasteiger partial charge in [0.1, 0.15) is 0 Å². The predicted molar refractivity (Wildman–Crippen MR) is 119 cm³/mol. The second-order valence-electron chi connectivity index (χ2n) is 6.86. The number of amides is 1. The Morgan fingerprint density at radius 2 is 1.83 bits per heavy atom. The van der Waals surface area contributed by atoms with Gasteiger partial charge in [0.2, 0.25) is 5.91 Å². The first-order valence-corrected chi connectivity index (χ1v) is 10.8. The Morgan fingerprint density at radius 1 is 1.03 bits per heavy atom. The molecule has 1 heterocycles. The van der Waals surface area contributed by atoms with Crippen LogP contribution in [0.25, 0.3) is 21.0 Å². The van der Waals surface area contributed by atoms with Gasteiger partial charge in [-0.3, -0.25) is 4.79 Å². The van der Waals surface area contributed by atoms with Crippen molar-refractivity contribution >= 4 is 38.2 Å². The van der Waals surface area contributed by atoms with E-state index in [1.54, 1.807) is 11.3 Å². The van der Waals surface area contributed by atoms with Crippen LogP contribution < -0.4 is 4.80 Å². The summed E-state index contributed by atoms with van der Waals surface area (Å²) in [6.07, 6.45) is 1.11. The highest BCUT2D eigenvalue weighted by Gasteiger charge is 2.11. The van der Waals surface area contributed by atoms with E-state index in [2.05, 4.69) is 33.8 Å². The van der Waals surface area contributed by atoms with E-state index in [-0.39, 0.29) is 5.91 Å². The fourth-order valence-electron chi connectivity index (χ4n) is 3.46. The molecule has 0 atom stereocenters. The van der Waals surface area contributed by atoms with Crippen LogP contribution in [0.15, 0.2) is 71.7 Å². The molecule has 0 unspecified atom stereocenters. The van der Waals surface area contributed by atoms with Gasteiger partial charge < -0.3 is 9.30 Å². The topological polar surface area (TPSA) is 43.6 Å². The van der Waals surface area contributed by atoms with Crippen LogP contribution in [0.3, 0.4) is 0 Å². The predicted octanol–water partition coefficient (Wildman–Crippen LogP) is 4.95. The molecule has 0 saturated carbocycles. The molecule has 0 spiro atoms. The molecule has 0 radical (unpaired) electrons. The Kier molecular flexibility index (Phi) is 6.17. The van der Waals surface area contributed by atoms with Crippen LogP contribution >= 0.6 is 11.3 Å². The van der Waals surface area contributed by atoms with Gasteiger partial charge in [-0.1, -0.05) is 72.0 Å². The number of aromatic nitrogens is 1. The highest BCUT2D eigenvalue weighted by Crippen LogP contribution is 2.27. The molecule has 0 aliphatic heterocycles. The van der Waals surface area contributed by atoms with Crippen LogP contribution in [0.5, 0.6) is 0 Å². The Morgan fingerprint density at radius 3 is 2.66 bits per heavy atom. The zero-order valence-electron chi connectivity index (χ0n) is 16.5. The Bertz CT molecular complexity index is 1190. The van der Waals surface area contributed by atoms with Crippen LogP contribution in [0.2, 0.25) is 0 Å². The lowest BCUT2D eigenvalue weighted by Gasteiger charge is -2.06. The van der Waals surface area contributed by atoms with Gasteiger partial charge in [0, 0.05) is 25.0 Å². The highest BCUT2D eigenvalue weighted by atomic mass is 32.1. The maximum absolute atomic E-state index is 12.6. The number of ether oxygens (including phenoxy) is 1. The number of benzene rings is 3. The standard InChI is InChI=1S/C24H24N2O2S/c1-2-28-17-16-26-21-14-13-19-10-6-7-11-20(19)23(21)29-24(26)25-22(27)15-12-18-8-4-3-5-9-18/h3-11,13-14H,2,12,15-17H2,1H3. The average Bonchev–Trinajstić information content (AvgIpc) is 3.11. The molecule has 5 heteroatoms. The third-order valence-corrected chi connectivity index (χ3v) is 6.06. The zero-order chi connectivity index (χ0) is 20.1. The summed E-state index contributed by atoms with van der Waals surface area (Å²) in [4.78, 5) is 17.8. The first kappa shape index (κ1) is 19.6. The molecule has 0 aliphatic rings. The first-order valence-electron chi connectivity index (χ1n) is 9.96. The highest BCUT2D eigenvalue weighted by molar-refractivity contribution is 7.17. The van der Waals surface area contributed by atoms with E-state index in [1.165, 1.54) is 10.8 Å². The van der Waals surface area contributed by atoms with Crippen molar-refractivity contribution in [2.24, 2.45) is 4.99 Å². The molecule has 1 amide bonds. The van der Waals surface area contributed by atoms with E-state index < -0.39 is 0 Å². The van der Waals surface area contributed by atoms with Crippen LogP contribution in [0.1, 0.15) is 18.9 Å². The number of hydrogen-bond donors (Lipinski definition) is 0. The quantitative estimate of drug-likeness (QED) is 0.409. The van der Waals surface area contributed by atoms with Gasteiger partial charge in [0.15, 0.2) is 4.80 Å². The van der Waals surface area contributed by atoms with Gasteiger partial charge in [0.25, 0.3) is 0 Å². The molecule has 1 aromatic heterocycles. The molecular weight excluding hydrogens is 380 g/mol. The lowest BCUT2D eigenvalue weighted by molar-refractivity contribution is -0.118. The first-order chi connectivity index (χ1) is 14.3. The maximum atomic E-state index is 12.6. The van der Waals surface area contributed by atoms with E-state index in [9.17, 15) is 4.79 Å². The van der Waals surface area contributed by atoms with Gasteiger partial charge in [-0.15, -0.1) is 0 Å². The van der Waals surface area contributed by atoms with E-state index >= 15 is 0 Å². The van der Waals surface area contributed by atoms with E-state index in [0.29, 0.717) is 32.6 Å². The summed E-state index contributed by atoms with van der Waals surface area (Å²) in [5.41, 5.74) is 2.26. The van der Waals surface area contributed by atoms with Crippen LogP contribution in [0.4, 0.5) is 0 Å². The van der Waals surface area contributed by atoms with Crippen molar-refractivity contribution in [3.8, 4) is 0 Å². The average molecular weight is 405 g/mol. The minimum absolute atomic E-state index is 0.0881. The van der Waals surface area contributed by atoms with Crippen LogP contribution in [0, 0.1) is 0 Å². The summed E-state index contributed by atoms with van der Waals surface area (Å²) in [6, 6.07) is 22.6. The number of thiazole rings is 1. The number of hydrogen-bond acceptors (Lipinski definition) is 3. The van der Waals surface area contributed by atoms with Crippen LogP contribution in [-0.2, 0) is 22.5 Å². The molecule has 0 fully saturated rings. The van der Waals surface area contributed by atoms with Crippen molar-refractivity contribution < 1.29 is 9.53 Å². The number of fused-ring (bicyclic) bond motifs is 3. The molecular formula is C24H24N2O2S. The second-order valence-corrected chi connectivity index (χ2v) is 7.84. The monoisotopic (exact) mass is 404 g/mol. The maximum Gasteiger partial charge on any atom is 0.248 e. The molecule has 0 saturated heterocycles. The summed E-state index contributed by atoms with van der Waals surface area (Å²) >= 11 is 1.58. The molecule has 0 N–H and O–H groups in total. The molecule has 3 aromatic carbocycles. The summed E-state index contributed by atoms with van der Waals surface area (Å²) in [5.74, 6) is -0.0881. The second kappa shape index (κ2) is 9.16. The smallest absolute Gasteiger partial charge is 0.248 e. The minimum Gasteiger partial charge on any atom is -0.380 e. The van der Waals surface area contributed by atoms with Crippen molar-refractivity contribution in [3.05, 3.63) is 77.1 Å². The summed E-state index contributed by atoms with van der Waals surface area (Å²) in [5, 5.41) is 2.39. The Labute approximate surface area is 174 Å². The number of rotatable bonds is 7. The third-order valence-electron chi connectivity index (χ3n) is 4.93. The third kappa shape index (κ3) is 4.47. The van der Waals surface area contributed by atoms with Gasteiger partial charge in [-0.2, -0.15) is 4.99 Å². The molecule has 148 valence electrons. The molecule has 29 heavy (non-hydrogen) atoms. The van der Waals surface area contributed by atoms with E-state index in [4.69, 9.17) is 4.74 Å². The Balaban J connectivity index is 1.70. The van der Waals surface area contributed by atoms with Crippen molar-refractivity contribution in [1.29, 1.82) is 0 Å². The number of carbonyl (C=O) groups excluding carboxylic acids is 1. The summed E-state index contributed by atoms with van der Waals surface area (Å²) in [6.45, 7) is 3.94. The zero-order valence-corrected chi connectivity index (χ0v) is 17.3. The molecule has 4 aromatic rings. The molecule has 4 nitrogen and oxygen atoms in total. The van der Waals surface area contributed by atoms with Crippen molar-refractivity contribution in [2.45, 2.75) is 26.3 Å². The van der Waals surface area contributed by atoms with Crippen molar-refractivity contribution in [1.82, 2.24) is 4.57 Å². The number of aryl methyl sites for hydroxylation is 1. The van der Waals surface area contributed by atoms with Gasteiger partial charge in [0.05, 0.1) is 16.8 Å². The van der Waals surface area contributed by atoms with Crippen LogP contribution in [-0.4, -0.2) is 23.7 Å². The lowest BCUT2D eigenvalue weighted by atomic mass is 10.1. The van der Waals surface area contributed by atoms with E-state index in [1.807, 2.05) is 49.4 Å². The number of nitrogens with zero attached hydrogens (tertiary/aromatic N) is 2. The van der Waals surface area contributed by atoms with Gasteiger partial charge >= 0.3 is 0 Å². The summed E-state index contributed by atoms with van der Waals surface area (Å²) < 4.78 is 8.84. The normalized spacial score (nSPS) is 12.1. The SMILES string of the molecule is CCOCCn1c(=NC(=O)CCc2ccccc2)sc2c3ccccc3ccc21. The Hall–Kier alpha value is -2.76. The van der Waals surface area contributed by atoms with Gasteiger partial charge in [-0.25, -0.2) is 0 Å². The lowest BCUT2D eigenvalue weighted by Crippen LogP contribution is -2.19. The van der Waals surface area contributed by atoms with Gasteiger partial charge in [-0.05, 0) is 30.4 Å². The molecule has 0 aliphatic carbocycles. The molecule has 4 rings (SSSR count). The van der Waals surface area contributed by atoms with Crippen molar-refractivity contribution in [3.63, 3.8) is 0 Å². The van der Waals surface area contributed by atoms with E-state index in [0.717, 1.165) is 20.6 Å². The fourth-order valence-corrected chi connectivity index (χ4v) is 4.67. The summed E-state index contributed by atoms with van der Waals surface area (Å²) in [7, 11) is 0. The minimum atomic E-state index is -0.0881.